The summed E-state index contributed by atoms with van der Waals surface area (Å²) < 4.78 is 13.6. The number of fused-ring (bicyclic) bond motifs is 2. The maximum Gasteiger partial charge on any atom is 0.313 e. The van der Waals surface area contributed by atoms with Crippen LogP contribution in [0, 0.1) is 0 Å². The number of aliphatic carboxylic acids is 1. The number of primary amides is 2. The number of hydrogen-bond donors (Lipinski definition) is 3. The first kappa shape index (κ1) is 22.5. The summed E-state index contributed by atoms with van der Waals surface area (Å²) in [5, 5.41) is 9.22. The fourth-order valence-corrected chi connectivity index (χ4v) is 3.68. The smallest absolute Gasteiger partial charge is 0.313 e. The molecule has 4 rings (SSSR count). The van der Waals surface area contributed by atoms with Crippen molar-refractivity contribution in [2.45, 2.75) is 5.03 Å². The average Bonchev–Trinajstić information content (AvgIpc) is 2.86. The number of hydrogen-bond acceptors (Lipinski definition) is 8. The number of halogens is 3. The van der Waals surface area contributed by atoms with Gasteiger partial charge in [-0.2, -0.15) is 0 Å². The average molecular weight is 542 g/mol. The number of rotatable bonds is 5. The Hall–Kier alpha value is -3.25. The van der Waals surface area contributed by atoms with Gasteiger partial charge in [-0.3, -0.25) is 14.4 Å². The van der Waals surface area contributed by atoms with Crippen LogP contribution in [0.2, 0.25) is 18.3 Å². The fourth-order valence-electron chi connectivity index (χ4n) is 2.53. The molecule has 0 bridgehead atoms. The van der Waals surface area contributed by atoms with Crippen LogP contribution in [-0.4, -0.2) is 48.6 Å². The van der Waals surface area contributed by atoms with E-state index >= 15 is 0 Å². The van der Waals surface area contributed by atoms with Gasteiger partial charge in [0.1, 0.15) is 5.03 Å². The predicted molar refractivity (Wildman–Crippen MR) is 130 cm³/mol. The Bertz CT molecular complexity index is 1500. The molecule has 2 aromatic heterocycles. The molecule has 2 aromatic carbocycles. The molecule has 34 heavy (non-hydrogen) atoms. The molecule has 0 saturated heterocycles. The van der Waals surface area contributed by atoms with Crippen LogP contribution in [0.15, 0.2) is 41.4 Å². The van der Waals surface area contributed by atoms with Crippen LogP contribution >= 0.6 is 46.6 Å². The number of benzene rings is 2. The van der Waals surface area contributed by atoms with Crippen LogP contribution in [-0.2, 0) is 4.79 Å². The van der Waals surface area contributed by atoms with Crippen LogP contribution in [0.5, 0.6) is 0 Å². The molecule has 0 spiro atoms. The Morgan fingerprint density at radius 1 is 0.794 bits per heavy atom. The Kier molecular flexibility index (Phi) is 7.15. The highest BCUT2D eigenvalue weighted by Crippen LogP contribution is 2.26. The highest BCUT2D eigenvalue weighted by molar-refractivity contribution is 8.00. The topological polar surface area (TPSA) is 175 Å². The Morgan fingerprint density at radius 2 is 1.26 bits per heavy atom. The highest BCUT2D eigenvalue weighted by atomic mass is 35.5. The van der Waals surface area contributed by atoms with E-state index in [1.807, 2.05) is 0 Å². The first-order chi connectivity index (χ1) is 17.1. The van der Waals surface area contributed by atoms with Crippen molar-refractivity contribution < 1.29 is 22.3 Å². The number of nitrogens with two attached hydrogens (primary N) is 2. The third kappa shape index (κ3) is 6.20. The molecule has 174 valence electrons. The summed E-state index contributed by atoms with van der Waals surface area (Å²) in [7, 11) is 0. The summed E-state index contributed by atoms with van der Waals surface area (Å²) >= 11 is 18.3. The Morgan fingerprint density at radius 3 is 1.76 bits per heavy atom. The van der Waals surface area contributed by atoms with Gasteiger partial charge in [-0.15, -0.1) is 0 Å². The Balaban J connectivity index is 0.000000205. The van der Waals surface area contributed by atoms with E-state index in [1.165, 1.54) is 24.3 Å². The van der Waals surface area contributed by atoms with Crippen LogP contribution in [0.25, 0.3) is 22.1 Å². The zero-order valence-corrected chi connectivity index (χ0v) is 19.8. The maximum atomic E-state index is 11.3. The minimum atomic E-state index is -0.976. The summed E-state index contributed by atoms with van der Waals surface area (Å²) in [6.07, 6.45) is 0. The maximum absolute atomic E-state index is 11.3. The van der Waals surface area contributed by atoms with E-state index < -0.39 is 17.8 Å². The molecule has 0 aliphatic carbocycles. The second-order valence-electron chi connectivity index (χ2n) is 6.37. The lowest BCUT2D eigenvalue weighted by molar-refractivity contribution is -0.133. The molecule has 0 atom stereocenters. The van der Waals surface area contributed by atoms with Gasteiger partial charge in [0, 0.05) is 11.1 Å². The number of aromatic nitrogens is 4. The predicted octanol–water partition coefficient (Wildman–Crippen LogP) is 3.59. The number of carboxylic acid groups (broad SMARTS) is 1. The Labute approximate surface area is 213 Å². The molecule has 0 aliphatic rings. The van der Waals surface area contributed by atoms with Crippen LogP contribution < -0.4 is 11.5 Å². The van der Waals surface area contributed by atoms with Gasteiger partial charge >= 0.3 is 5.97 Å². The van der Waals surface area contributed by atoms with E-state index in [2.05, 4.69) is 19.9 Å². The first-order valence-corrected chi connectivity index (χ1v) is 11.1. The van der Waals surface area contributed by atoms with E-state index in [0.717, 1.165) is 11.8 Å². The molecule has 2 amide bonds. The van der Waals surface area contributed by atoms with Crippen molar-refractivity contribution >= 4 is 86.4 Å². The number of carbonyl (C=O) groups excluding carboxylic acids is 2. The highest BCUT2D eigenvalue weighted by Gasteiger charge is 2.11. The largest absolute Gasteiger partial charge is 0.481 e. The van der Waals surface area contributed by atoms with Gasteiger partial charge in [-0.1, -0.05) is 46.6 Å². The van der Waals surface area contributed by atoms with Crippen molar-refractivity contribution in [3.8, 4) is 0 Å². The van der Waals surface area contributed by atoms with E-state index in [-0.39, 0.29) is 26.8 Å². The summed E-state index contributed by atoms with van der Waals surface area (Å²) in [5.74, 6) is -2.22. The lowest BCUT2D eigenvalue weighted by atomic mass is 10.2. The molecule has 0 aliphatic heterocycles. The quantitative estimate of drug-likeness (QED) is 0.319. The van der Waals surface area contributed by atoms with Gasteiger partial charge in [0.05, 0.1) is 27.8 Å². The number of carboxylic acids is 1. The van der Waals surface area contributed by atoms with E-state index in [0.29, 0.717) is 32.7 Å². The van der Waals surface area contributed by atoms with Crippen LogP contribution in [0.3, 0.4) is 0 Å². The lowest BCUT2D eigenvalue weighted by Gasteiger charge is -2.04. The van der Waals surface area contributed by atoms with Gasteiger partial charge in [0.2, 0.25) is 11.8 Å². The molecular formula is C20H13Cl3N6O4S. The van der Waals surface area contributed by atoms with Crippen LogP contribution in [0.1, 0.15) is 20.7 Å². The zero-order valence-electron chi connectivity index (χ0n) is 18.7. The second kappa shape index (κ2) is 10.8. The SMILES string of the molecule is [2H]NC(=O)c1ccc2nc(Cl)c(Cl)nc2c1.[2H]NC(=O)c1ccc2nc(SCC(=O)O)c(Cl)nc2c1. The number of amides is 2. The number of thioether (sulfide) groups is 1. The molecule has 14 heteroatoms. The minimum Gasteiger partial charge on any atom is -0.481 e. The molecule has 0 fully saturated rings. The van der Waals surface area contributed by atoms with Crippen molar-refractivity contribution in [2.75, 3.05) is 5.75 Å². The van der Waals surface area contributed by atoms with E-state index in [9.17, 15) is 14.4 Å². The number of nitrogens with zero attached hydrogens (tertiary/aromatic N) is 4. The van der Waals surface area contributed by atoms with E-state index in [1.54, 1.807) is 23.6 Å². The molecule has 10 nitrogen and oxygen atoms in total. The first-order valence-electron chi connectivity index (χ1n) is 10.0. The summed E-state index contributed by atoms with van der Waals surface area (Å²) in [6, 6.07) is 9.15. The molecule has 2 heterocycles. The van der Waals surface area contributed by atoms with Crippen molar-refractivity contribution in [3.05, 3.63) is 63.0 Å². The summed E-state index contributed by atoms with van der Waals surface area (Å²) in [6.45, 7) is 0. The van der Waals surface area contributed by atoms with Crippen molar-refractivity contribution in [1.82, 2.24) is 19.9 Å². The van der Waals surface area contributed by atoms with Crippen molar-refractivity contribution in [3.63, 3.8) is 0 Å². The van der Waals surface area contributed by atoms with Gasteiger partial charge < -0.3 is 16.6 Å². The van der Waals surface area contributed by atoms with Crippen molar-refractivity contribution in [1.29, 1.82) is 0 Å². The molecule has 0 saturated carbocycles. The van der Waals surface area contributed by atoms with E-state index in [4.69, 9.17) is 42.7 Å². The molecule has 0 unspecified atom stereocenters. The molecule has 0 radical (unpaired) electrons. The van der Waals surface area contributed by atoms with Gasteiger partial charge in [-0.05, 0) is 36.4 Å². The lowest BCUT2D eigenvalue weighted by Crippen LogP contribution is -2.10. The minimum absolute atomic E-state index is 0.0761. The number of carbonyl (C=O) groups is 3. The monoisotopic (exact) mass is 540 g/mol. The second-order valence-corrected chi connectivity index (χ2v) is 8.41. The van der Waals surface area contributed by atoms with Gasteiger partial charge in [0.15, 0.2) is 18.3 Å². The third-order valence-corrected chi connectivity index (χ3v) is 5.98. The molecular weight excluding hydrogens is 527 g/mol. The normalized spacial score (nSPS) is 11.1. The molecule has 4 aromatic rings. The third-order valence-electron chi connectivity index (χ3n) is 4.03. The fraction of sp³-hybridized carbons (Fsp3) is 0.0500. The van der Waals surface area contributed by atoms with Gasteiger partial charge in [-0.25, -0.2) is 19.9 Å². The van der Waals surface area contributed by atoms with Crippen LogP contribution in [0.4, 0.5) is 0 Å². The van der Waals surface area contributed by atoms with Gasteiger partial charge in [0.25, 0.3) is 0 Å². The summed E-state index contributed by atoms with van der Waals surface area (Å²) in [5.41, 5.74) is 6.00. The zero-order chi connectivity index (χ0) is 26.4. The standard InChI is InChI=1S/C11H8ClN3O3S.C9H5Cl2N3O/c12-9-11(19-4-8(16)17)15-6-2-1-5(10(13)18)3-7(6)14-9;10-7-8(11)14-6-3-4(9(12)15)1-2-5(6)13-7/h1-3H,4H2,(H2,13,18)(H,16,17);1-3H,(H2,12,15)/i/hD2. The van der Waals surface area contributed by atoms with Crippen molar-refractivity contribution in [2.24, 2.45) is 11.5 Å². The summed E-state index contributed by atoms with van der Waals surface area (Å²) in [4.78, 5) is 49.3. The molecule has 5 N–H and O–H groups in total.